The third kappa shape index (κ3) is 6.27. The molecule has 1 heterocycles. The summed E-state index contributed by atoms with van der Waals surface area (Å²) in [6.45, 7) is 5.19. The van der Waals surface area contributed by atoms with Gasteiger partial charge in [-0.05, 0) is 79.2 Å². The normalized spacial score (nSPS) is 21.8. The minimum absolute atomic E-state index is 0.143. The Morgan fingerprint density at radius 2 is 1.83 bits per heavy atom. The zero-order valence-corrected chi connectivity index (χ0v) is 22.0. The molecule has 0 bridgehead atoms. The summed E-state index contributed by atoms with van der Waals surface area (Å²) in [4.78, 5) is 12.5. The zero-order chi connectivity index (χ0) is 24.8. The number of hydrogen-bond donors (Lipinski definition) is 2. The van der Waals surface area contributed by atoms with E-state index in [0.29, 0.717) is 5.92 Å². The zero-order valence-electron chi connectivity index (χ0n) is 21.2. The smallest absolute Gasteiger partial charge is 0.264 e. The van der Waals surface area contributed by atoms with Crippen LogP contribution in [0.25, 0.3) is 0 Å². The van der Waals surface area contributed by atoms with Crippen LogP contribution in [0.15, 0.2) is 47.4 Å². The number of hydrogen-bond acceptors (Lipinski definition) is 4. The lowest BCUT2D eigenvalue weighted by molar-refractivity contribution is -0.119. The summed E-state index contributed by atoms with van der Waals surface area (Å²) in [5.74, 6) is 1.62. The van der Waals surface area contributed by atoms with Crippen molar-refractivity contribution in [2.45, 2.75) is 88.9 Å². The lowest BCUT2D eigenvalue weighted by Gasteiger charge is -2.36. The quantitative estimate of drug-likeness (QED) is 0.385. The molecule has 0 saturated heterocycles. The maximum Gasteiger partial charge on any atom is 0.264 e. The number of rotatable bonds is 10. The Kier molecular flexibility index (Phi) is 8.53. The van der Waals surface area contributed by atoms with Gasteiger partial charge in [-0.15, -0.1) is 0 Å². The monoisotopic (exact) mass is 496 g/mol. The van der Waals surface area contributed by atoms with Crippen molar-refractivity contribution in [1.82, 2.24) is 4.72 Å². The van der Waals surface area contributed by atoms with Gasteiger partial charge in [0.25, 0.3) is 10.0 Å². The van der Waals surface area contributed by atoms with Crippen LogP contribution in [0, 0.1) is 11.8 Å². The van der Waals surface area contributed by atoms with Gasteiger partial charge in [0, 0.05) is 24.6 Å². The van der Waals surface area contributed by atoms with Crippen LogP contribution in [0.4, 0.5) is 5.69 Å². The number of carbonyl (C=O) groups is 1. The van der Waals surface area contributed by atoms with E-state index >= 15 is 0 Å². The molecule has 5 nitrogen and oxygen atoms in total. The summed E-state index contributed by atoms with van der Waals surface area (Å²) < 4.78 is 28.1. The van der Waals surface area contributed by atoms with Crippen molar-refractivity contribution in [1.29, 1.82) is 0 Å². The molecule has 1 amide bonds. The van der Waals surface area contributed by atoms with Gasteiger partial charge in [0.15, 0.2) is 0 Å². The molecule has 3 atom stereocenters. The lowest BCUT2D eigenvalue weighted by atomic mass is 9.70. The van der Waals surface area contributed by atoms with Crippen LogP contribution in [-0.4, -0.2) is 20.9 Å². The fourth-order valence-electron chi connectivity index (χ4n) is 5.80. The summed E-state index contributed by atoms with van der Waals surface area (Å²) >= 11 is 0. The van der Waals surface area contributed by atoms with E-state index in [2.05, 4.69) is 48.2 Å². The van der Waals surface area contributed by atoms with E-state index < -0.39 is 15.9 Å². The number of amides is 1. The molecule has 3 unspecified atom stereocenters. The molecule has 4 rings (SSSR count). The third-order valence-corrected chi connectivity index (χ3v) is 9.52. The summed E-state index contributed by atoms with van der Waals surface area (Å²) in [7, 11) is -3.88. The highest BCUT2D eigenvalue weighted by atomic mass is 32.2. The van der Waals surface area contributed by atoms with E-state index in [1.54, 1.807) is 12.1 Å². The van der Waals surface area contributed by atoms with Gasteiger partial charge in [0.05, 0.1) is 4.90 Å². The van der Waals surface area contributed by atoms with Crippen molar-refractivity contribution in [3.05, 3.63) is 59.2 Å². The van der Waals surface area contributed by atoms with Crippen molar-refractivity contribution in [3.8, 4) is 0 Å². The number of aryl methyl sites for hydroxylation is 2. The fraction of sp³-hybridized carbons (Fsp3) is 0.552. The van der Waals surface area contributed by atoms with Gasteiger partial charge in [0.2, 0.25) is 5.91 Å². The first-order chi connectivity index (χ1) is 16.9. The maximum atomic E-state index is 12.9. The molecule has 2 aliphatic rings. The average molecular weight is 497 g/mol. The predicted octanol–water partition coefficient (Wildman–Crippen LogP) is 6.19. The van der Waals surface area contributed by atoms with Crippen molar-refractivity contribution in [2.75, 3.05) is 11.9 Å². The number of sulfonamides is 1. The number of fused-ring (bicyclic) bond motifs is 1. The van der Waals surface area contributed by atoms with E-state index in [0.717, 1.165) is 68.2 Å². The molecule has 1 aliphatic carbocycles. The molecule has 6 heteroatoms. The molecule has 1 saturated carbocycles. The van der Waals surface area contributed by atoms with Gasteiger partial charge >= 0.3 is 0 Å². The Labute approximate surface area is 211 Å². The fourth-order valence-corrected chi connectivity index (χ4v) is 6.84. The summed E-state index contributed by atoms with van der Waals surface area (Å²) in [6.07, 6.45) is 9.91. The van der Waals surface area contributed by atoms with E-state index in [4.69, 9.17) is 0 Å². The van der Waals surface area contributed by atoms with Crippen LogP contribution in [0.2, 0.25) is 0 Å². The predicted molar refractivity (Wildman–Crippen MR) is 142 cm³/mol. The van der Waals surface area contributed by atoms with Crippen LogP contribution < -0.4 is 10.0 Å². The highest BCUT2D eigenvalue weighted by Crippen LogP contribution is 2.40. The molecule has 0 spiro atoms. The SMILES string of the molecule is CCc1ccccc1C1CCc2ccc(S(=O)(=O)NC(=O)CCCCC3CCC3CC)cc2NC1. The molecule has 35 heavy (non-hydrogen) atoms. The first-order valence-electron chi connectivity index (χ1n) is 13.4. The Morgan fingerprint density at radius 1 is 1.03 bits per heavy atom. The number of unbranched alkanes of at least 4 members (excludes halogenated alkanes) is 1. The molecular weight excluding hydrogens is 456 g/mol. The van der Waals surface area contributed by atoms with E-state index in [1.165, 1.54) is 30.4 Å². The van der Waals surface area contributed by atoms with Crippen molar-refractivity contribution in [3.63, 3.8) is 0 Å². The van der Waals surface area contributed by atoms with Gasteiger partial charge in [-0.2, -0.15) is 0 Å². The van der Waals surface area contributed by atoms with Crippen molar-refractivity contribution >= 4 is 21.6 Å². The van der Waals surface area contributed by atoms with E-state index in [1.807, 2.05) is 6.07 Å². The summed E-state index contributed by atoms with van der Waals surface area (Å²) in [6, 6.07) is 13.8. The minimum atomic E-state index is -3.88. The van der Waals surface area contributed by atoms with Crippen LogP contribution in [0.5, 0.6) is 0 Å². The number of benzene rings is 2. The van der Waals surface area contributed by atoms with Crippen molar-refractivity contribution in [2.24, 2.45) is 11.8 Å². The standard InChI is InChI=1S/C29H40N2O3S/c1-3-21-13-14-23(21)10-6-8-12-29(32)31-35(33,34)26-18-17-24-15-16-25(20-30-28(24)19-26)27-11-7-5-9-22(27)4-2/h5,7,9,11,17-19,21,23,25,30H,3-4,6,8,10,12-16,20H2,1-2H3,(H,31,32). The van der Waals surface area contributed by atoms with E-state index in [-0.39, 0.29) is 11.3 Å². The second-order valence-corrected chi connectivity index (χ2v) is 12.0. The number of carbonyl (C=O) groups excluding carboxylic acids is 1. The van der Waals surface area contributed by atoms with E-state index in [9.17, 15) is 13.2 Å². The summed E-state index contributed by atoms with van der Waals surface area (Å²) in [5, 5.41) is 3.49. The molecule has 1 aliphatic heterocycles. The largest absolute Gasteiger partial charge is 0.384 e. The van der Waals surface area contributed by atoms with Crippen LogP contribution in [0.3, 0.4) is 0 Å². The minimum Gasteiger partial charge on any atom is -0.384 e. The molecule has 2 aromatic rings. The molecule has 2 aromatic carbocycles. The molecular formula is C29H40N2O3S. The maximum absolute atomic E-state index is 12.9. The molecule has 2 N–H and O–H groups in total. The lowest BCUT2D eigenvalue weighted by Crippen LogP contribution is -2.30. The van der Waals surface area contributed by atoms with Crippen LogP contribution in [0.1, 0.15) is 87.8 Å². The van der Waals surface area contributed by atoms with Gasteiger partial charge in [-0.25, -0.2) is 13.1 Å². The average Bonchev–Trinajstić information content (AvgIpc) is 3.05. The van der Waals surface area contributed by atoms with Crippen molar-refractivity contribution < 1.29 is 13.2 Å². The van der Waals surface area contributed by atoms with Crippen LogP contribution in [-0.2, 0) is 27.7 Å². The van der Waals surface area contributed by atoms with Gasteiger partial charge in [-0.3, -0.25) is 4.79 Å². The Hall–Kier alpha value is -2.34. The second kappa shape index (κ2) is 11.6. The topological polar surface area (TPSA) is 75.3 Å². The molecule has 0 radical (unpaired) electrons. The van der Waals surface area contributed by atoms with Crippen LogP contribution >= 0.6 is 0 Å². The van der Waals surface area contributed by atoms with Gasteiger partial charge in [-0.1, -0.05) is 63.4 Å². The highest BCUT2D eigenvalue weighted by Gasteiger charge is 2.28. The van der Waals surface area contributed by atoms with Gasteiger partial charge in [0.1, 0.15) is 0 Å². The first-order valence-corrected chi connectivity index (χ1v) is 14.9. The second-order valence-electron chi connectivity index (χ2n) is 10.3. The Morgan fingerprint density at radius 3 is 2.57 bits per heavy atom. The third-order valence-electron chi connectivity index (χ3n) is 8.14. The molecule has 190 valence electrons. The summed E-state index contributed by atoms with van der Waals surface area (Å²) in [5.41, 5.74) is 4.71. The number of anilines is 1. The number of nitrogens with one attached hydrogen (secondary N) is 2. The molecule has 1 fully saturated rings. The van der Waals surface area contributed by atoms with Gasteiger partial charge < -0.3 is 5.32 Å². The molecule has 0 aromatic heterocycles. The Bertz CT molecular complexity index is 1130. The Balaban J connectivity index is 1.33. The highest BCUT2D eigenvalue weighted by molar-refractivity contribution is 7.90. The first kappa shape index (κ1) is 25.7.